The highest BCUT2D eigenvalue weighted by Crippen LogP contribution is 2.25. The van der Waals surface area contributed by atoms with Crippen LogP contribution in [0.4, 0.5) is 5.69 Å². The number of anilines is 1. The minimum Gasteiger partial charge on any atom is -0.478 e. The molecule has 0 aliphatic heterocycles. The number of aryl methyl sites for hydroxylation is 1. The van der Waals surface area contributed by atoms with Gasteiger partial charge in [0.2, 0.25) is 0 Å². The molecule has 1 heterocycles. The summed E-state index contributed by atoms with van der Waals surface area (Å²) in [6, 6.07) is 8.99. The largest absolute Gasteiger partial charge is 0.478 e. The Morgan fingerprint density at radius 2 is 2.11 bits per heavy atom. The zero-order valence-electron chi connectivity index (χ0n) is 10.7. The highest BCUT2D eigenvalue weighted by molar-refractivity contribution is 9.10. The molecule has 0 saturated carbocycles. The first-order valence-corrected chi connectivity index (χ1v) is 6.56. The van der Waals surface area contributed by atoms with Gasteiger partial charge in [0.25, 0.3) is 0 Å². The smallest absolute Gasteiger partial charge is 0.337 e. The molecule has 4 nitrogen and oxygen atoms in total. The number of halogens is 1. The molecular formula is C14H14BrNO3. The van der Waals surface area contributed by atoms with Gasteiger partial charge in [-0.3, -0.25) is 0 Å². The lowest BCUT2D eigenvalue weighted by atomic mass is 10.1. The van der Waals surface area contributed by atoms with Gasteiger partial charge in [-0.15, -0.1) is 0 Å². The summed E-state index contributed by atoms with van der Waals surface area (Å²) in [4.78, 5) is 13.1. The topological polar surface area (TPSA) is 53.7 Å². The molecule has 5 heteroatoms. The summed E-state index contributed by atoms with van der Waals surface area (Å²) in [6.07, 6.45) is 0. The zero-order chi connectivity index (χ0) is 14.0. The second-order valence-electron chi connectivity index (χ2n) is 4.34. The highest BCUT2D eigenvalue weighted by Gasteiger charge is 2.15. The summed E-state index contributed by atoms with van der Waals surface area (Å²) in [7, 11) is 1.84. The molecule has 0 unspecified atom stereocenters. The Labute approximate surface area is 119 Å². The first kappa shape index (κ1) is 13.7. The molecule has 100 valence electrons. The van der Waals surface area contributed by atoms with Crippen LogP contribution in [0.2, 0.25) is 0 Å². The van der Waals surface area contributed by atoms with Gasteiger partial charge in [-0.1, -0.05) is 15.9 Å². The van der Waals surface area contributed by atoms with E-state index in [9.17, 15) is 9.90 Å². The van der Waals surface area contributed by atoms with E-state index in [0.29, 0.717) is 12.2 Å². The monoisotopic (exact) mass is 323 g/mol. The maximum atomic E-state index is 11.3. The first-order chi connectivity index (χ1) is 8.97. The second-order valence-corrected chi connectivity index (χ2v) is 5.25. The Bertz CT molecular complexity index is 606. The highest BCUT2D eigenvalue weighted by atomic mass is 79.9. The van der Waals surface area contributed by atoms with Crippen molar-refractivity contribution in [3.05, 3.63) is 51.9 Å². The molecule has 2 aromatic rings. The second kappa shape index (κ2) is 5.48. The molecule has 0 aliphatic carbocycles. The number of furan rings is 1. The first-order valence-electron chi connectivity index (χ1n) is 5.76. The number of carboxylic acids is 1. The number of carboxylic acid groups (broad SMARTS) is 1. The fraction of sp³-hybridized carbons (Fsp3) is 0.214. The van der Waals surface area contributed by atoms with Gasteiger partial charge in [-0.05, 0) is 37.3 Å². The standard InChI is InChI=1S/C14H14BrNO3/c1-9-3-5-11(19-9)8-16(2)13-6-4-10(15)7-12(13)14(17)18/h3-7H,8H2,1-2H3,(H,17,18). The number of hydrogen-bond acceptors (Lipinski definition) is 3. The van der Waals surface area contributed by atoms with E-state index in [1.807, 2.05) is 37.1 Å². The Kier molecular flexibility index (Phi) is 3.95. The summed E-state index contributed by atoms with van der Waals surface area (Å²) in [5.41, 5.74) is 0.921. The molecule has 0 radical (unpaired) electrons. The molecule has 19 heavy (non-hydrogen) atoms. The fourth-order valence-corrected chi connectivity index (χ4v) is 2.26. The van der Waals surface area contributed by atoms with Gasteiger partial charge >= 0.3 is 5.97 Å². The molecule has 0 amide bonds. The van der Waals surface area contributed by atoms with Crippen LogP contribution in [0.5, 0.6) is 0 Å². The predicted octanol–water partition coefficient (Wildman–Crippen LogP) is 3.69. The molecule has 0 saturated heterocycles. The predicted molar refractivity (Wildman–Crippen MR) is 76.7 cm³/mol. The van der Waals surface area contributed by atoms with E-state index in [0.717, 1.165) is 16.0 Å². The van der Waals surface area contributed by atoms with Crippen LogP contribution in [0.3, 0.4) is 0 Å². The lowest BCUT2D eigenvalue weighted by Gasteiger charge is -2.20. The number of hydrogen-bond donors (Lipinski definition) is 1. The maximum Gasteiger partial charge on any atom is 0.337 e. The van der Waals surface area contributed by atoms with Crippen molar-refractivity contribution >= 4 is 27.6 Å². The summed E-state index contributed by atoms with van der Waals surface area (Å²) in [5.74, 6) is 0.704. The molecule has 0 fully saturated rings. The van der Waals surface area contributed by atoms with Crippen molar-refractivity contribution in [1.29, 1.82) is 0 Å². The molecule has 0 atom stereocenters. The van der Waals surface area contributed by atoms with Crippen LogP contribution in [0.1, 0.15) is 21.9 Å². The minimum absolute atomic E-state index is 0.264. The number of nitrogens with zero attached hydrogens (tertiary/aromatic N) is 1. The van der Waals surface area contributed by atoms with Crippen LogP contribution in [0.25, 0.3) is 0 Å². The average Bonchev–Trinajstić information content (AvgIpc) is 2.74. The van der Waals surface area contributed by atoms with E-state index >= 15 is 0 Å². The molecule has 2 rings (SSSR count). The molecule has 0 aliphatic rings. The third-order valence-electron chi connectivity index (χ3n) is 2.79. The van der Waals surface area contributed by atoms with E-state index in [-0.39, 0.29) is 5.56 Å². The van der Waals surface area contributed by atoms with Gasteiger partial charge in [0.05, 0.1) is 17.8 Å². The zero-order valence-corrected chi connectivity index (χ0v) is 12.3. The third-order valence-corrected chi connectivity index (χ3v) is 3.28. The van der Waals surface area contributed by atoms with Gasteiger partial charge in [0, 0.05) is 11.5 Å². The van der Waals surface area contributed by atoms with Crippen LogP contribution in [0.15, 0.2) is 39.2 Å². The number of rotatable bonds is 4. The summed E-state index contributed by atoms with van der Waals surface area (Å²) < 4.78 is 6.25. The van der Waals surface area contributed by atoms with Gasteiger partial charge in [0.15, 0.2) is 0 Å². The normalized spacial score (nSPS) is 10.5. The quantitative estimate of drug-likeness (QED) is 0.932. The van der Waals surface area contributed by atoms with E-state index in [1.54, 1.807) is 12.1 Å². The van der Waals surface area contributed by atoms with Crippen molar-refractivity contribution in [3.8, 4) is 0 Å². The Hall–Kier alpha value is -1.75. The number of aromatic carboxylic acids is 1. The molecular weight excluding hydrogens is 310 g/mol. The van der Waals surface area contributed by atoms with Crippen LogP contribution in [0, 0.1) is 6.92 Å². The number of carbonyl (C=O) groups is 1. The van der Waals surface area contributed by atoms with Crippen molar-refractivity contribution in [3.63, 3.8) is 0 Å². The van der Waals surface area contributed by atoms with Crippen molar-refractivity contribution in [2.45, 2.75) is 13.5 Å². The molecule has 1 N–H and O–H groups in total. The van der Waals surface area contributed by atoms with Crippen LogP contribution in [-0.4, -0.2) is 18.1 Å². The summed E-state index contributed by atoms with van der Waals surface area (Å²) >= 11 is 3.28. The van der Waals surface area contributed by atoms with Crippen molar-refractivity contribution in [2.75, 3.05) is 11.9 Å². The molecule has 0 bridgehead atoms. The number of benzene rings is 1. The average molecular weight is 324 g/mol. The Balaban J connectivity index is 2.28. The lowest BCUT2D eigenvalue weighted by Crippen LogP contribution is -2.19. The summed E-state index contributed by atoms with van der Waals surface area (Å²) in [6.45, 7) is 2.40. The van der Waals surface area contributed by atoms with Crippen molar-refractivity contribution in [1.82, 2.24) is 0 Å². The van der Waals surface area contributed by atoms with Crippen LogP contribution in [-0.2, 0) is 6.54 Å². The molecule has 1 aromatic carbocycles. The SMILES string of the molecule is Cc1ccc(CN(C)c2ccc(Br)cc2C(=O)O)o1. The van der Waals surface area contributed by atoms with E-state index in [2.05, 4.69) is 15.9 Å². The van der Waals surface area contributed by atoms with Gasteiger partial charge in [0.1, 0.15) is 11.5 Å². The fourth-order valence-electron chi connectivity index (χ4n) is 1.90. The molecule has 1 aromatic heterocycles. The Morgan fingerprint density at radius 1 is 1.37 bits per heavy atom. The van der Waals surface area contributed by atoms with Gasteiger partial charge in [-0.2, -0.15) is 0 Å². The van der Waals surface area contributed by atoms with Crippen LogP contribution < -0.4 is 4.90 Å². The van der Waals surface area contributed by atoms with Gasteiger partial charge in [-0.25, -0.2) is 4.79 Å². The molecule has 0 spiro atoms. The van der Waals surface area contributed by atoms with Gasteiger partial charge < -0.3 is 14.4 Å². The summed E-state index contributed by atoms with van der Waals surface area (Å²) in [5, 5.41) is 9.24. The minimum atomic E-state index is -0.946. The Morgan fingerprint density at radius 3 is 2.68 bits per heavy atom. The van der Waals surface area contributed by atoms with E-state index < -0.39 is 5.97 Å². The van der Waals surface area contributed by atoms with Crippen LogP contribution >= 0.6 is 15.9 Å². The maximum absolute atomic E-state index is 11.3. The van der Waals surface area contributed by atoms with Crippen molar-refractivity contribution in [2.24, 2.45) is 0 Å². The van der Waals surface area contributed by atoms with E-state index in [4.69, 9.17) is 4.42 Å². The van der Waals surface area contributed by atoms with E-state index in [1.165, 1.54) is 0 Å². The third kappa shape index (κ3) is 3.17. The lowest BCUT2D eigenvalue weighted by molar-refractivity contribution is 0.0697. The van der Waals surface area contributed by atoms with Crippen molar-refractivity contribution < 1.29 is 14.3 Å².